The number of halogens is 2. The minimum atomic E-state index is -0.199. The number of hydrogen-bond donors (Lipinski definition) is 0. The molecule has 0 saturated carbocycles. The molecule has 0 N–H and O–H groups in total. The maximum absolute atomic E-state index is 13.1. The van der Waals surface area contributed by atoms with E-state index < -0.39 is 0 Å². The van der Waals surface area contributed by atoms with Crippen molar-refractivity contribution in [2.45, 2.75) is 43.7 Å². The van der Waals surface area contributed by atoms with Gasteiger partial charge in [-0.05, 0) is 67.5 Å². The molecule has 0 aromatic heterocycles. The molecule has 2 bridgehead atoms. The van der Waals surface area contributed by atoms with Gasteiger partial charge in [0, 0.05) is 22.7 Å². The zero-order chi connectivity index (χ0) is 16.7. The van der Waals surface area contributed by atoms with E-state index in [1.165, 1.54) is 17.7 Å². The third-order valence-corrected chi connectivity index (χ3v) is 5.62. The van der Waals surface area contributed by atoms with Crippen LogP contribution in [0.5, 0.6) is 0 Å². The predicted molar refractivity (Wildman–Crippen MR) is 92.8 cm³/mol. The zero-order valence-corrected chi connectivity index (χ0v) is 14.0. The Bertz CT molecular complexity index is 746. The molecule has 4 rings (SSSR count). The average Bonchev–Trinajstić information content (AvgIpc) is 2.84. The van der Waals surface area contributed by atoms with Crippen molar-refractivity contribution in [3.05, 3.63) is 70.5 Å². The molecular weight excluding hydrogens is 325 g/mol. The Balaban J connectivity index is 1.55. The second kappa shape index (κ2) is 6.21. The van der Waals surface area contributed by atoms with Gasteiger partial charge in [0.25, 0.3) is 5.91 Å². The molecule has 2 heterocycles. The Hall–Kier alpha value is -1.87. The molecule has 2 aromatic carbocycles. The molecule has 0 spiro atoms. The van der Waals surface area contributed by atoms with Crippen LogP contribution < -0.4 is 0 Å². The average molecular weight is 344 g/mol. The summed E-state index contributed by atoms with van der Waals surface area (Å²) in [6, 6.07) is 14.5. The summed E-state index contributed by atoms with van der Waals surface area (Å²) >= 11 is 6.03. The van der Waals surface area contributed by atoms with Crippen molar-refractivity contribution < 1.29 is 9.18 Å². The highest BCUT2D eigenvalue weighted by atomic mass is 35.5. The van der Waals surface area contributed by atoms with Gasteiger partial charge in [-0.2, -0.15) is 0 Å². The molecule has 1 amide bonds. The van der Waals surface area contributed by atoms with Gasteiger partial charge in [-0.1, -0.05) is 29.8 Å². The summed E-state index contributed by atoms with van der Waals surface area (Å²) in [5, 5.41) is 0.592. The summed E-state index contributed by atoms with van der Waals surface area (Å²) in [6.45, 7) is 0. The molecule has 2 unspecified atom stereocenters. The van der Waals surface area contributed by atoms with Gasteiger partial charge >= 0.3 is 0 Å². The van der Waals surface area contributed by atoms with Gasteiger partial charge in [0.1, 0.15) is 5.82 Å². The number of rotatable bonds is 2. The molecule has 2 saturated heterocycles. The summed E-state index contributed by atoms with van der Waals surface area (Å²) in [5.74, 6) is 0.296. The molecule has 0 radical (unpaired) electrons. The van der Waals surface area contributed by atoms with Gasteiger partial charge in [-0.3, -0.25) is 4.79 Å². The minimum Gasteiger partial charge on any atom is -0.333 e. The molecule has 2 aliphatic rings. The molecule has 2 aliphatic heterocycles. The van der Waals surface area contributed by atoms with Crippen molar-refractivity contribution in [1.82, 2.24) is 4.90 Å². The van der Waals surface area contributed by atoms with E-state index in [1.807, 2.05) is 24.3 Å². The van der Waals surface area contributed by atoms with Crippen LogP contribution in [0.2, 0.25) is 5.02 Å². The van der Waals surface area contributed by atoms with Crippen LogP contribution in [-0.4, -0.2) is 22.9 Å². The van der Waals surface area contributed by atoms with Crippen LogP contribution in [0.25, 0.3) is 0 Å². The summed E-state index contributed by atoms with van der Waals surface area (Å²) in [4.78, 5) is 15.0. The van der Waals surface area contributed by atoms with Crippen LogP contribution in [-0.2, 0) is 0 Å². The second-order valence-electron chi connectivity index (χ2n) is 6.83. The molecule has 2 atom stereocenters. The van der Waals surface area contributed by atoms with Crippen LogP contribution in [0.3, 0.4) is 0 Å². The van der Waals surface area contributed by atoms with E-state index in [4.69, 9.17) is 11.6 Å². The highest BCUT2D eigenvalue weighted by Gasteiger charge is 2.43. The van der Waals surface area contributed by atoms with Crippen molar-refractivity contribution in [3.8, 4) is 0 Å². The lowest BCUT2D eigenvalue weighted by Crippen LogP contribution is -2.46. The lowest BCUT2D eigenvalue weighted by molar-refractivity contribution is 0.0571. The van der Waals surface area contributed by atoms with E-state index in [9.17, 15) is 9.18 Å². The first-order valence-electron chi connectivity index (χ1n) is 8.45. The van der Waals surface area contributed by atoms with Crippen molar-refractivity contribution in [3.63, 3.8) is 0 Å². The van der Waals surface area contributed by atoms with Crippen molar-refractivity contribution in [2.24, 2.45) is 0 Å². The number of fused-ring (bicyclic) bond motifs is 2. The number of amides is 1. The Morgan fingerprint density at radius 3 is 2.33 bits per heavy atom. The summed E-state index contributed by atoms with van der Waals surface area (Å²) < 4.78 is 13.1. The first-order chi connectivity index (χ1) is 11.6. The lowest BCUT2D eigenvalue weighted by atomic mass is 9.85. The van der Waals surface area contributed by atoms with Gasteiger partial charge in [-0.15, -0.1) is 0 Å². The second-order valence-corrected chi connectivity index (χ2v) is 7.26. The first-order valence-corrected chi connectivity index (χ1v) is 8.83. The van der Waals surface area contributed by atoms with Crippen molar-refractivity contribution in [2.75, 3.05) is 0 Å². The quantitative estimate of drug-likeness (QED) is 0.749. The Morgan fingerprint density at radius 1 is 1.04 bits per heavy atom. The lowest BCUT2D eigenvalue weighted by Gasteiger charge is -2.39. The summed E-state index contributed by atoms with van der Waals surface area (Å²) in [6.07, 6.45) is 4.01. The van der Waals surface area contributed by atoms with E-state index in [0.717, 1.165) is 25.7 Å². The third-order valence-electron chi connectivity index (χ3n) is 5.38. The van der Waals surface area contributed by atoms with Crippen molar-refractivity contribution in [1.29, 1.82) is 0 Å². The van der Waals surface area contributed by atoms with Crippen LogP contribution in [0.4, 0.5) is 4.39 Å². The SMILES string of the molecule is O=C(c1cccc(Cl)c1)N1C2CCC1CC(c1ccc(F)cc1)C2. The summed E-state index contributed by atoms with van der Waals surface area (Å²) in [7, 11) is 0. The molecule has 24 heavy (non-hydrogen) atoms. The molecule has 4 heteroatoms. The van der Waals surface area contributed by atoms with Crippen LogP contribution in [0, 0.1) is 5.82 Å². The van der Waals surface area contributed by atoms with Gasteiger partial charge in [0.15, 0.2) is 0 Å². The first kappa shape index (κ1) is 15.6. The molecule has 2 aromatic rings. The Kier molecular flexibility index (Phi) is 4.05. The maximum Gasteiger partial charge on any atom is 0.254 e. The zero-order valence-electron chi connectivity index (χ0n) is 13.3. The van der Waals surface area contributed by atoms with E-state index in [1.54, 1.807) is 12.1 Å². The fourth-order valence-corrected chi connectivity index (χ4v) is 4.48. The normalized spacial score (nSPS) is 25.8. The maximum atomic E-state index is 13.1. The standard InChI is InChI=1S/C20H19ClFNO/c21-16-3-1-2-14(10-16)20(24)23-18-8-9-19(23)12-15(11-18)13-4-6-17(22)7-5-13/h1-7,10,15,18-19H,8-9,11-12H2. The van der Waals surface area contributed by atoms with Gasteiger partial charge in [-0.25, -0.2) is 4.39 Å². The monoisotopic (exact) mass is 343 g/mol. The van der Waals surface area contributed by atoms with Gasteiger partial charge in [0.2, 0.25) is 0 Å². The van der Waals surface area contributed by atoms with E-state index in [-0.39, 0.29) is 23.8 Å². The van der Waals surface area contributed by atoms with E-state index in [2.05, 4.69) is 4.90 Å². The van der Waals surface area contributed by atoms with Gasteiger partial charge in [0.05, 0.1) is 0 Å². The summed E-state index contributed by atoms with van der Waals surface area (Å²) in [5.41, 5.74) is 1.85. The number of hydrogen-bond acceptors (Lipinski definition) is 1. The number of carbonyl (C=O) groups excluding carboxylic acids is 1. The van der Waals surface area contributed by atoms with Crippen LogP contribution >= 0.6 is 11.6 Å². The smallest absolute Gasteiger partial charge is 0.254 e. The fourth-order valence-electron chi connectivity index (χ4n) is 4.29. The Morgan fingerprint density at radius 2 is 1.71 bits per heavy atom. The predicted octanol–water partition coefficient (Wildman–Crippen LogP) is 5.03. The molecule has 124 valence electrons. The number of piperidine rings is 1. The topological polar surface area (TPSA) is 20.3 Å². The molecule has 2 fully saturated rings. The van der Waals surface area contributed by atoms with Crippen LogP contribution in [0.15, 0.2) is 48.5 Å². The molecule has 0 aliphatic carbocycles. The Labute approximate surface area is 146 Å². The fraction of sp³-hybridized carbons (Fsp3) is 0.350. The molecular formula is C20H19ClFNO. The van der Waals surface area contributed by atoms with E-state index in [0.29, 0.717) is 16.5 Å². The number of nitrogens with zero attached hydrogens (tertiary/aromatic N) is 1. The number of carbonyl (C=O) groups is 1. The highest BCUT2D eigenvalue weighted by molar-refractivity contribution is 6.30. The molecule has 2 nitrogen and oxygen atoms in total. The van der Waals surface area contributed by atoms with Gasteiger partial charge < -0.3 is 4.90 Å². The van der Waals surface area contributed by atoms with Crippen molar-refractivity contribution >= 4 is 17.5 Å². The van der Waals surface area contributed by atoms with E-state index >= 15 is 0 Å². The van der Waals surface area contributed by atoms with Crippen LogP contribution in [0.1, 0.15) is 47.5 Å². The largest absolute Gasteiger partial charge is 0.333 e. The number of benzene rings is 2. The third kappa shape index (κ3) is 2.82. The highest BCUT2D eigenvalue weighted by Crippen LogP contribution is 2.43. The minimum absolute atomic E-state index is 0.0857.